The zero-order chi connectivity index (χ0) is 20.2. The molecular weight excluding hydrogens is 366 g/mol. The van der Waals surface area contributed by atoms with Crippen molar-refractivity contribution in [2.75, 3.05) is 24.9 Å². The van der Waals surface area contributed by atoms with Crippen molar-refractivity contribution >= 4 is 28.3 Å². The van der Waals surface area contributed by atoms with Gasteiger partial charge >= 0.3 is 6.03 Å². The van der Waals surface area contributed by atoms with E-state index in [-0.39, 0.29) is 6.03 Å². The van der Waals surface area contributed by atoms with E-state index < -0.39 is 0 Å². The molecule has 0 aliphatic rings. The number of urea groups is 1. The SMILES string of the molecule is COc1ccc(NC(=O)Nc2cccc(-c3cc4ccccc4[nH]3)c2)cc1OC. The Bertz CT molecular complexity index is 1130. The Morgan fingerprint density at radius 2 is 1.55 bits per heavy atom. The Kier molecular flexibility index (Phi) is 5.07. The highest BCUT2D eigenvalue weighted by Gasteiger charge is 2.09. The van der Waals surface area contributed by atoms with E-state index in [0.29, 0.717) is 22.9 Å². The molecule has 6 nitrogen and oxygen atoms in total. The van der Waals surface area contributed by atoms with Gasteiger partial charge in [-0.1, -0.05) is 30.3 Å². The average Bonchev–Trinajstić information content (AvgIpc) is 3.18. The lowest BCUT2D eigenvalue weighted by Crippen LogP contribution is -2.19. The minimum atomic E-state index is -0.342. The molecule has 0 bridgehead atoms. The number of carbonyl (C=O) groups excluding carboxylic acids is 1. The molecule has 0 aliphatic carbocycles. The molecule has 29 heavy (non-hydrogen) atoms. The fraction of sp³-hybridized carbons (Fsp3) is 0.0870. The fourth-order valence-electron chi connectivity index (χ4n) is 3.20. The Hall–Kier alpha value is -3.93. The molecule has 0 atom stereocenters. The lowest BCUT2D eigenvalue weighted by atomic mass is 10.1. The Morgan fingerprint density at radius 1 is 0.793 bits per heavy atom. The normalized spacial score (nSPS) is 10.6. The lowest BCUT2D eigenvalue weighted by Gasteiger charge is -2.11. The molecule has 1 heterocycles. The molecule has 3 N–H and O–H groups in total. The second kappa shape index (κ2) is 7.98. The summed E-state index contributed by atoms with van der Waals surface area (Å²) in [5.74, 6) is 1.15. The largest absolute Gasteiger partial charge is 0.493 e. The number of para-hydroxylation sites is 1. The number of rotatable bonds is 5. The summed E-state index contributed by atoms with van der Waals surface area (Å²) in [5, 5.41) is 6.81. The van der Waals surface area contributed by atoms with Crippen molar-refractivity contribution in [1.82, 2.24) is 4.98 Å². The lowest BCUT2D eigenvalue weighted by molar-refractivity contribution is 0.262. The van der Waals surface area contributed by atoms with E-state index >= 15 is 0 Å². The number of anilines is 2. The van der Waals surface area contributed by atoms with Crippen molar-refractivity contribution in [2.24, 2.45) is 0 Å². The van der Waals surface area contributed by atoms with E-state index in [9.17, 15) is 4.79 Å². The van der Waals surface area contributed by atoms with Gasteiger partial charge < -0.3 is 25.1 Å². The van der Waals surface area contributed by atoms with Crippen molar-refractivity contribution in [2.45, 2.75) is 0 Å². The van der Waals surface area contributed by atoms with Gasteiger partial charge in [0.05, 0.1) is 14.2 Å². The van der Waals surface area contributed by atoms with Gasteiger partial charge in [0.1, 0.15) is 0 Å². The summed E-state index contributed by atoms with van der Waals surface area (Å²) in [6, 6.07) is 22.8. The molecular formula is C23H21N3O3. The van der Waals surface area contributed by atoms with E-state index in [1.807, 2.05) is 42.5 Å². The number of ether oxygens (including phenoxy) is 2. The van der Waals surface area contributed by atoms with Gasteiger partial charge in [-0.15, -0.1) is 0 Å². The van der Waals surface area contributed by atoms with Gasteiger partial charge in [0, 0.05) is 39.6 Å². The van der Waals surface area contributed by atoms with Crippen LogP contribution in [-0.4, -0.2) is 25.2 Å². The van der Waals surface area contributed by atoms with Crippen LogP contribution in [-0.2, 0) is 0 Å². The van der Waals surface area contributed by atoms with Crippen LogP contribution < -0.4 is 20.1 Å². The van der Waals surface area contributed by atoms with Gasteiger partial charge in [0.15, 0.2) is 11.5 Å². The molecule has 0 spiro atoms. The van der Waals surface area contributed by atoms with Crippen molar-refractivity contribution in [3.8, 4) is 22.8 Å². The summed E-state index contributed by atoms with van der Waals surface area (Å²) in [4.78, 5) is 15.8. The smallest absolute Gasteiger partial charge is 0.323 e. The molecule has 0 radical (unpaired) electrons. The molecule has 6 heteroatoms. The van der Waals surface area contributed by atoms with Gasteiger partial charge in [-0.3, -0.25) is 0 Å². The first-order valence-electron chi connectivity index (χ1n) is 9.14. The number of nitrogens with one attached hydrogen (secondary N) is 3. The predicted molar refractivity (Wildman–Crippen MR) is 116 cm³/mol. The maximum absolute atomic E-state index is 12.4. The van der Waals surface area contributed by atoms with Gasteiger partial charge in [0.25, 0.3) is 0 Å². The number of aromatic amines is 1. The quantitative estimate of drug-likeness (QED) is 0.423. The maximum Gasteiger partial charge on any atom is 0.323 e. The first-order valence-corrected chi connectivity index (χ1v) is 9.14. The highest BCUT2D eigenvalue weighted by molar-refractivity contribution is 6.00. The minimum absolute atomic E-state index is 0.342. The number of H-pyrrole nitrogens is 1. The molecule has 0 aliphatic heterocycles. The second-order valence-electron chi connectivity index (χ2n) is 6.50. The molecule has 4 aromatic rings. The van der Waals surface area contributed by atoms with Crippen LogP contribution in [0.4, 0.5) is 16.2 Å². The highest BCUT2D eigenvalue weighted by atomic mass is 16.5. The third-order valence-electron chi connectivity index (χ3n) is 4.60. The summed E-state index contributed by atoms with van der Waals surface area (Å²) in [6.45, 7) is 0. The van der Waals surface area contributed by atoms with Crippen LogP contribution in [0.2, 0.25) is 0 Å². The van der Waals surface area contributed by atoms with Crippen LogP contribution in [0.1, 0.15) is 0 Å². The maximum atomic E-state index is 12.4. The number of benzene rings is 3. The Labute approximate surface area is 168 Å². The Morgan fingerprint density at radius 3 is 2.31 bits per heavy atom. The molecule has 0 saturated carbocycles. The number of hydrogen-bond acceptors (Lipinski definition) is 3. The number of methoxy groups -OCH3 is 2. The summed E-state index contributed by atoms with van der Waals surface area (Å²) in [5.41, 5.74) is 4.36. The van der Waals surface area contributed by atoms with Gasteiger partial charge in [-0.25, -0.2) is 4.79 Å². The third kappa shape index (κ3) is 4.01. The highest BCUT2D eigenvalue weighted by Crippen LogP contribution is 2.30. The first kappa shape index (κ1) is 18.4. The summed E-state index contributed by atoms with van der Waals surface area (Å²) in [6.07, 6.45) is 0. The van der Waals surface area contributed by atoms with E-state index in [1.54, 1.807) is 32.4 Å². The van der Waals surface area contributed by atoms with Crippen molar-refractivity contribution in [3.63, 3.8) is 0 Å². The summed E-state index contributed by atoms with van der Waals surface area (Å²) < 4.78 is 10.5. The van der Waals surface area contributed by atoms with Gasteiger partial charge in [-0.2, -0.15) is 0 Å². The van der Waals surface area contributed by atoms with Gasteiger partial charge in [0.2, 0.25) is 0 Å². The fourth-order valence-corrected chi connectivity index (χ4v) is 3.20. The van der Waals surface area contributed by atoms with Crippen LogP contribution in [0.5, 0.6) is 11.5 Å². The molecule has 0 saturated heterocycles. The minimum Gasteiger partial charge on any atom is -0.493 e. The molecule has 2 amide bonds. The number of hydrogen-bond donors (Lipinski definition) is 3. The molecule has 0 unspecified atom stereocenters. The van der Waals surface area contributed by atoms with Crippen LogP contribution in [0, 0.1) is 0 Å². The van der Waals surface area contributed by atoms with E-state index in [4.69, 9.17) is 9.47 Å². The van der Waals surface area contributed by atoms with E-state index in [1.165, 1.54) is 0 Å². The monoisotopic (exact) mass is 387 g/mol. The van der Waals surface area contributed by atoms with Crippen LogP contribution in [0.15, 0.2) is 72.8 Å². The number of amides is 2. The average molecular weight is 387 g/mol. The molecule has 146 valence electrons. The zero-order valence-corrected chi connectivity index (χ0v) is 16.2. The van der Waals surface area contributed by atoms with Crippen LogP contribution in [0.25, 0.3) is 22.2 Å². The number of aromatic nitrogens is 1. The van der Waals surface area contributed by atoms with Crippen molar-refractivity contribution in [3.05, 3.63) is 72.8 Å². The first-order chi connectivity index (χ1) is 14.2. The second-order valence-corrected chi connectivity index (χ2v) is 6.50. The van der Waals surface area contributed by atoms with Gasteiger partial charge in [-0.05, 0) is 36.4 Å². The predicted octanol–water partition coefficient (Wildman–Crippen LogP) is 5.50. The van der Waals surface area contributed by atoms with E-state index in [0.717, 1.165) is 22.2 Å². The topological polar surface area (TPSA) is 75.4 Å². The third-order valence-corrected chi connectivity index (χ3v) is 4.60. The molecule has 3 aromatic carbocycles. The molecule has 0 fully saturated rings. The number of fused-ring (bicyclic) bond motifs is 1. The molecule has 4 rings (SSSR count). The summed E-state index contributed by atoms with van der Waals surface area (Å²) >= 11 is 0. The zero-order valence-electron chi connectivity index (χ0n) is 16.2. The van der Waals surface area contributed by atoms with Crippen molar-refractivity contribution < 1.29 is 14.3 Å². The molecule has 1 aromatic heterocycles. The standard InChI is InChI=1S/C23H21N3O3/c1-28-21-11-10-18(14-22(21)29-2)25-23(27)24-17-8-5-7-15(12-17)20-13-16-6-3-4-9-19(16)26-20/h3-14,26H,1-2H3,(H2,24,25,27). The van der Waals surface area contributed by atoms with Crippen LogP contribution >= 0.6 is 0 Å². The van der Waals surface area contributed by atoms with Crippen molar-refractivity contribution in [1.29, 1.82) is 0 Å². The number of carbonyl (C=O) groups is 1. The van der Waals surface area contributed by atoms with Crippen LogP contribution in [0.3, 0.4) is 0 Å². The summed E-state index contributed by atoms with van der Waals surface area (Å²) in [7, 11) is 3.12. The Balaban J connectivity index is 1.49. The van der Waals surface area contributed by atoms with E-state index in [2.05, 4.69) is 27.8 Å².